The van der Waals surface area contributed by atoms with Crippen molar-refractivity contribution in [3.05, 3.63) is 63.7 Å². The van der Waals surface area contributed by atoms with E-state index in [9.17, 15) is 23.7 Å². The molecule has 0 aromatic heterocycles. The van der Waals surface area contributed by atoms with Crippen LogP contribution in [0.5, 0.6) is 0 Å². The molecule has 0 saturated heterocycles. The summed E-state index contributed by atoms with van der Waals surface area (Å²) in [6.45, 7) is 0. The Morgan fingerprint density at radius 3 is 2.59 bits per heavy atom. The molecule has 0 bridgehead atoms. The molecule has 2 aromatic rings. The summed E-state index contributed by atoms with van der Waals surface area (Å²) in [5.74, 6) is -2.27. The highest BCUT2D eigenvalue weighted by atomic mass is 32.2. The third-order valence-corrected chi connectivity index (χ3v) is 3.60. The fraction of sp³-hybridized carbons (Fsp3) is 0.0714. The molecule has 1 N–H and O–H groups in total. The van der Waals surface area contributed by atoms with E-state index in [-0.39, 0.29) is 16.9 Å². The Morgan fingerprint density at radius 2 is 1.95 bits per heavy atom. The van der Waals surface area contributed by atoms with Crippen LogP contribution in [0.4, 0.5) is 20.2 Å². The lowest BCUT2D eigenvalue weighted by atomic mass is 10.2. The van der Waals surface area contributed by atoms with Crippen LogP contribution >= 0.6 is 11.8 Å². The van der Waals surface area contributed by atoms with E-state index in [2.05, 4.69) is 5.32 Å². The number of benzene rings is 2. The summed E-state index contributed by atoms with van der Waals surface area (Å²) in [7, 11) is 0. The van der Waals surface area contributed by atoms with Gasteiger partial charge >= 0.3 is 0 Å². The molecule has 0 aliphatic heterocycles. The maximum atomic E-state index is 13.5. The molecule has 22 heavy (non-hydrogen) atoms. The molecule has 1 amide bonds. The molecule has 0 spiro atoms. The van der Waals surface area contributed by atoms with Crippen molar-refractivity contribution in [1.82, 2.24) is 0 Å². The van der Waals surface area contributed by atoms with Crippen LogP contribution in [0.1, 0.15) is 10.4 Å². The summed E-state index contributed by atoms with van der Waals surface area (Å²) in [5, 5.41) is 13.2. The zero-order valence-electron chi connectivity index (χ0n) is 11.3. The van der Waals surface area contributed by atoms with Crippen molar-refractivity contribution >= 4 is 29.0 Å². The minimum Gasteiger partial charge on any atom is -0.319 e. The van der Waals surface area contributed by atoms with Gasteiger partial charge in [0.15, 0.2) is 0 Å². The lowest BCUT2D eigenvalue weighted by Crippen LogP contribution is -2.13. The quantitative estimate of drug-likeness (QED) is 0.527. The molecular weight excluding hydrogens is 314 g/mol. The first kappa shape index (κ1) is 15.9. The Hall–Kier alpha value is -2.48. The van der Waals surface area contributed by atoms with Gasteiger partial charge in [-0.3, -0.25) is 14.9 Å². The van der Waals surface area contributed by atoms with Gasteiger partial charge in [0.05, 0.1) is 15.5 Å². The molecule has 2 rings (SSSR count). The normalized spacial score (nSPS) is 10.3. The largest absolute Gasteiger partial charge is 0.319 e. The number of anilines is 1. The molecule has 0 aliphatic rings. The highest BCUT2D eigenvalue weighted by molar-refractivity contribution is 7.98. The number of rotatable bonds is 4. The van der Waals surface area contributed by atoms with Gasteiger partial charge in [-0.1, -0.05) is 0 Å². The number of thioether (sulfide) groups is 1. The first-order chi connectivity index (χ1) is 10.4. The smallest absolute Gasteiger partial charge is 0.283 e. The molecule has 0 saturated carbocycles. The second kappa shape index (κ2) is 6.52. The maximum absolute atomic E-state index is 13.5. The van der Waals surface area contributed by atoms with E-state index in [0.717, 1.165) is 24.3 Å². The fourth-order valence-electron chi connectivity index (χ4n) is 1.76. The first-order valence-corrected chi connectivity index (χ1v) is 7.23. The fourth-order valence-corrected chi connectivity index (χ4v) is 2.31. The van der Waals surface area contributed by atoms with E-state index < -0.39 is 22.5 Å². The minimum absolute atomic E-state index is 0.0202. The standard InChI is InChI=1S/C14H10F2N2O3S/c1-22-13-5-2-8(6-12(13)18(20)21)14(19)17-11-7-9(15)3-4-10(11)16/h2-7H,1H3,(H,17,19). The molecule has 0 heterocycles. The number of amides is 1. The Kier molecular flexibility index (Phi) is 4.71. The van der Waals surface area contributed by atoms with E-state index in [0.29, 0.717) is 4.90 Å². The number of nitrogens with zero attached hydrogens (tertiary/aromatic N) is 1. The van der Waals surface area contributed by atoms with Crippen molar-refractivity contribution in [2.45, 2.75) is 4.90 Å². The number of hydrogen-bond acceptors (Lipinski definition) is 4. The highest BCUT2D eigenvalue weighted by Crippen LogP contribution is 2.28. The van der Waals surface area contributed by atoms with Crippen molar-refractivity contribution < 1.29 is 18.5 Å². The molecule has 0 aliphatic carbocycles. The van der Waals surface area contributed by atoms with Crippen molar-refractivity contribution in [3.63, 3.8) is 0 Å². The van der Waals surface area contributed by atoms with Crippen LogP contribution in [-0.2, 0) is 0 Å². The van der Waals surface area contributed by atoms with E-state index >= 15 is 0 Å². The summed E-state index contributed by atoms with van der Waals surface area (Å²) < 4.78 is 26.5. The summed E-state index contributed by atoms with van der Waals surface area (Å²) in [6.07, 6.45) is 1.67. The molecular formula is C14H10F2N2O3S. The Balaban J connectivity index is 2.32. The molecule has 8 heteroatoms. The number of nitrogens with one attached hydrogen (secondary N) is 1. The van der Waals surface area contributed by atoms with Gasteiger partial charge in [0.25, 0.3) is 11.6 Å². The lowest BCUT2D eigenvalue weighted by Gasteiger charge is -2.07. The highest BCUT2D eigenvalue weighted by Gasteiger charge is 2.18. The zero-order chi connectivity index (χ0) is 16.3. The van der Waals surface area contributed by atoms with Gasteiger partial charge < -0.3 is 5.32 Å². The van der Waals surface area contributed by atoms with Crippen LogP contribution in [0.2, 0.25) is 0 Å². The third kappa shape index (κ3) is 3.40. The summed E-state index contributed by atoms with van der Waals surface area (Å²) in [4.78, 5) is 22.8. The van der Waals surface area contributed by atoms with Crippen molar-refractivity contribution in [3.8, 4) is 0 Å². The maximum Gasteiger partial charge on any atom is 0.283 e. The molecule has 0 radical (unpaired) electrons. The molecule has 5 nitrogen and oxygen atoms in total. The van der Waals surface area contributed by atoms with Gasteiger partial charge in [0.2, 0.25) is 0 Å². The minimum atomic E-state index is -0.801. The second-order valence-electron chi connectivity index (χ2n) is 4.22. The number of halogens is 2. The number of carbonyl (C=O) groups is 1. The van der Waals surface area contributed by atoms with Gasteiger partial charge in [0, 0.05) is 17.7 Å². The van der Waals surface area contributed by atoms with E-state index in [1.165, 1.54) is 23.9 Å². The van der Waals surface area contributed by atoms with Crippen LogP contribution in [-0.4, -0.2) is 17.1 Å². The van der Waals surface area contributed by atoms with Crippen LogP contribution in [0.25, 0.3) is 0 Å². The van der Waals surface area contributed by atoms with Gasteiger partial charge in [-0.05, 0) is 30.5 Å². The van der Waals surface area contributed by atoms with Gasteiger partial charge in [-0.2, -0.15) is 0 Å². The van der Waals surface area contributed by atoms with Crippen LogP contribution in [0.15, 0.2) is 41.3 Å². The Labute approximate surface area is 128 Å². The topological polar surface area (TPSA) is 72.2 Å². The molecule has 114 valence electrons. The van der Waals surface area contributed by atoms with Gasteiger partial charge in [0.1, 0.15) is 11.6 Å². The first-order valence-electron chi connectivity index (χ1n) is 6.01. The second-order valence-corrected chi connectivity index (χ2v) is 5.07. The van der Waals surface area contributed by atoms with Crippen molar-refractivity contribution in [2.75, 3.05) is 11.6 Å². The van der Waals surface area contributed by atoms with Crippen molar-refractivity contribution in [2.24, 2.45) is 0 Å². The Bertz CT molecular complexity index is 753. The van der Waals surface area contributed by atoms with Gasteiger partial charge in [-0.15, -0.1) is 11.8 Å². The third-order valence-electron chi connectivity index (χ3n) is 2.81. The number of nitro benzene ring substituents is 1. The predicted octanol–water partition coefficient (Wildman–Crippen LogP) is 3.85. The summed E-state index contributed by atoms with van der Waals surface area (Å²) >= 11 is 1.17. The van der Waals surface area contributed by atoms with Gasteiger partial charge in [-0.25, -0.2) is 8.78 Å². The Morgan fingerprint density at radius 1 is 1.23 bits per heavy atom. The van der Waals surface area contributed by atoms with Crippen molar-refractivity contribution in [1.29, 1.82) is 0 Å². The summed E-state index contributed by atoms with van der Waals surface area (Å²) in [6, 6.07) is 6.54. The van der Waals surface area contributed by atoms with Crippen LogP contribution < -0.4 is 5.32 Å². The molecule has 0 unspecified atom stereocenters. The van der Waals surface area contributed by atoms with Crippen LogP contribution in [0, 0.1) is 21.7 Å². The SMILES string of the molecule is CSc1ccc(C(=O)Nc2cc(F)ccc2F)cc1[N+](=O)[O-]. The molecule has 2 aromatic carbocycles. The number of nitro groups is 1. The molecule has 0 fully saturated rings. The number of hydrogen-bond donors (Lipinski definition) is 1. The average molecular weight is 324 g/mol. The van der Waals surface area contributed by atoms with E-state index in [4.69, 9.17) is 0 Å². The molecule has 0 atom stereocenters. The predicted molar refractivity (Wildman–Crippen MR) is 79.2 cm³/mol. The van der Waals surface area contributed by atoms with E-state index in [1.807, 2.05) is 0 Å². The average Bonchev–Trinajstić information content (AvgIpc) is 2.50. The summed E-state index contributed by atoms with van der Waals surface area (Å²) in [5.41, 5.74) is -0.574. The van der Waals surface area contributed by atoms with E-state index in [1.54, 1.807) is 6.26 Å². The monoisotopic (exact) mass is 324 g/mol. The zero-order valence-corrected chi connectivity index (χ0v) is 12.1. The number of carbonyl (C=O) groups excluding carboxylic acids is 1. The lowest BCUT2D eigenvalue weighted by molar-refractivity contribution is -0.387. The van der Waals surface area contributed by atoms with Crippen LogP contribution in [0.3, 0.4) is 0 Å².